The molecule has 2 aromatic carbocycles. The van der Waals surface area contributed by atoms with E-state index in [4.69, 9.17) is 0 Å². The standard InChI is InChI=1S/C30H32N4O3S/c1-4-24-27(38-18-32-24)21-13-11-20(12-14-21)16-31-28(35)25-10-7-15-33(25)30(37)26(19(2)3)34-17-22-8-5-6-9-23(22)29(34)36/h4-6,8-9,11-14,18-19,25-26H,1,7,10,15-17H2,2-3H3,(H,31,35)/t25-,26?/m0/s1. The van der Waals surface area contributed by atoms with E-state index < -0.39 is 12.1 Å². The third kappa shape index (κ3) is 4.88. The first-order valence-corrected chi connectivity index (χ1v) is 13.9. The number of hydrogen-bond donors (Lipinski definition) is 1. The lowest BCUT2D eigenvalue weighted by Gasteiger charge is -2.35. The summed E-state index contributed by atoms with van der Waals surface area (Å²) >= 11 is 1.57. The Morgan fingerprint density at radius 1 is 1.18 bits per heavy atom. The number of fused-ring (bicyclic) bond motifs is 1. The van der Waals surface area contributed by atoms with Crippen LogP contribution in [0.4, 0.5) is 0 Å². The van der Waals surface area contributed by atoms with E-state index >= 15 is 0 Å². The molecule has 0 spiro atoms. The largest absolute Gasteiger partial charge is 0.350 e. The molecule has 2 atom stereocenters. The van der Waals surface area contributed by atoms with Crippen LogP contribution in [0.15, 0.2) is 60.6 Å². The molecule has 0 radical (unpaired) electrons. The molecule has 1 unspecified atom stereocenters. The third-order valence-corrected chi connectivity index (χ3v) is 8.27. The minimum absolute atomic E-state index is 0.0799. The predicted octanol–water partition coefficient (Wildman–Crippen LogP) is 4.74. The SMILES string of the molecule is C=Cc1ncsc1-c1ccc(CNC(=O)[C@@H]2CCCN2C(=O)C(C(C)C)N2Cc3ccccc3C2=O)cc1. The molecule has 38 heavy (non-hydrogen) atoms. The van der Waals surface area contributed by atoms with Crippen LogP contribution in [0.2, 0.25) is 0 Å². The molecule has 1 fully saturated rings. The summed E-state index contributed by atoms with van der Waals surface area (Å²) in [7, 11) is 0. The van der Waals surface area contributed by atoms with E-state index in [9.17, 15) is 14.4 Å². The Balaban J connectivity index is 1.24. The molecule has 3 heterocycles. The molecule has 0 saturated carbocycles. The lowest BCUT2D eigenvalue weighted by molar-refractivity contribution is -0.143. The number of aromatic nitrogens is 1. The smallest absolute Gasteiger partial charge is 0.255 e. The highest BCUT2D eigenvalue weighted by Gasteiger charge is 2.43. The van der Waals surface area contributed by atoms with Crippen LogP contribution in [0.25, 0.3) is 16.5 Å². The lowest BCUT2D eigenvalue weighted by Crippen LogP contribution is -2.55. The Hall–Kier alpha value is -3.78. The number of carbonyl (C=O) groups is 3. The molecule has 1 N–H and O–H groups in total. The average molecular weight is 529 g/mol. The van der Waals surface area contributed by atoms with Crippen LogP contribution in [0.5, 0.6) is 0 Å². The van der Waals surface area contributed by atoms with Crippen molar-refractivity contribution in [3.63, 3.8) is 0 Å². The number of hydrogen-bond acceptors (Lipinski definition) is 5. The first-order valence-electron chi connectivity index (χ1n) is 13.0. The first-order chi connectivity index (χ1) is 18.4. The average Bonchev–Trinajstić information content (AvgIpc) is 3.67. The highest BCUT2D eigenvalue weighted by atomic mass is 32.1. The molecule has 2 aliphatic rings. The van der Waals surface area contributed by atoms with Crippen molar-refractivity contribution in [2.75, 3.05) is 6.54 Å². The fraction of sp³-hybridized carbons (Fsp3) is 0.333. The van der Waals surface area contributed by atoms with Gasteiger partial charge < -0.3 is 15.1 Å². The van der Waals surface area contributed by atoms with E-state index in [0.717, 1.165) is 33.7 Å². The second-order valence-corrected chi connectivity index (χ2v) is 11.0. The van der Waals surface area contributed by atoms with Gasteiger partial charge in [0.1, 0.15) is 12.1 Å². The van der Waals surface area contributed by atoms with Crippen LogP contribution in [-0.4, -0.2) is 51.1 Å². The van der Waals surface area contributed by atoms with E-state index in [1.165, 1.54) is 0 Å². The summed E-state index contributed by atoms with van der Waals surface area (Å²) in [5.74, 6) is -0.501. The zero-order chi connectivity index (χ0) is 26.8. The Morgan fingerprint density at radius 2 is 1.95 bits per heavy atom. The Kier molecular flexibility index (Phi) is 7.42. The maximum Gasteiger partial charge on any atom is 0.255 e. The number of thiazole rings is 1. The van der Waals surface area contributed by atoms with Gasteiger partial charge in [-0.15, -0.1) is 11.3 Å². The van der Waals surface area contributed by atoms with Crippen LogP contribution in [-0.2, 0) is 22.7 Å². The van der Waals surface area contributed by atoms with Gasteiger partial charge >= 0.3 is 0 Å². The molecule has 0 bridgehead atoms. The number of nitrogens with one attached hydrogen (secondary N) is 1. The first kappa shape index (κ1) is 25.9. The summed E-state index contributed by atoms with van der Waals surface area (Å²) in [5, 5.41) is 3.02. The van der Waals surface area contributed by atoms with Crippen LogP contribution in [0, 0.1) is 5.92 Å². The molecule has 2 aliphatic heterocycles. The van der Waals surface area contributed by atoms with E-state index in [0.29, 0.717) is 31.6 Å². The zero-order valence-corrected chi connectivity index (χ0v) is 22.5. The van der Waals surface area contributed by atoms with Gasteiger partial charge in [0.2, 0.25) is 11.8 Å². The maximum absolute atomic E-state index is 13.8. The Bertz CT molecular complexity index is 1360. The summed E-state index contributed by atoms with van der Waals surface area (Å²) in [6, 6.07) is 14.4. The van der Waals surface area contributed by atoms with Crippen molar-refractivity contribution >= 4 is 35.1 Å². The number of nitrogens with zero attached hydrogens (tertiary/aromatic N) is 3. The summed E-state index contributed by atoms with van der Waals surface area (Å²) in [6.07, 6.45) is 3.13. The minimum Gasteiger partial charge on any atom is -0.350 e. The van der Waals surface area contributed by atoms with Gasteiger partial charge in [-0.05, 0) is 47.6 Å². The number of benzene rings is 2. The van der Waals surface area contributed by atoms with Gasteiger partial charge in [0.15, 0.2) is 0 Å². The van der Waals surface area contributed by atoms with Crippen molar-refractivity contribution in [2.24, 2.45) is 5.92 Å². The normalized spacial score (nSPS) is 17.6. The lowest BCUT2D eigenvalue weighted by atomic mass is 10.0. The molecule has 8 heteroatoms. The highest BCUT2D eigenvalue weighted by molar-refractivity contribution is 7.13. The quantitative estimate of drug-likeness (QED) is 0.458. The van der Waals surface area contributed by atoms with Crippen LogP contribution in [0.3, 0.4) is 0 Å². The van der Waals surface area contributed by atoms with Gasteiger partial charge in [-0.2, -0.15) is 0 Å². The van der Waals surface area contributed by atoms with E-state index in [1.54, 1.807) is 32.7 Å². The monoisotopic (exact) mass is 528 g/mol. The van der Waals surface area contributed by atoms with Crippen molar-refractivity contribution in [3.8, 4) is 10.4 Å². The Labute approximate surface area is 227 Å². The summed E-state index contributed by atoms with van der Waals surface area (Å²) < 4.78 is 0. The minimum atomic E-state index is -0.608. The van der Waals surface area contributed by atoms with Crippen molar-refractivity contribution in [2.45, 2.75) is 51.9 Å². The summed E-state index contributed by atoms with van der Waals surface area (Å²) in [4.78, 5) is 48.9. The van der Waals surface area contributed by atoms with E-state index in [2.05, 4.69) is 16.9 Å². The number of likely N-dealkylation sites (tertiary alicyclic amines) is 1. The molecule has 196 valence electrons. The second-order valence-electron chi connectivity index (χ2n) is 10.2. The maximum atomic E-state index is 13.8. The van der Waals surface area contributed by atoms with Gasteiger partial charge in [0.25, 0.3) is 5.91 Å². The van der Waals surface area contributed by atoms with Crippen molar-refractivity contribution in [1.29, 1.82) is 0 Å². The van der Waals surface area contributed by atoms with Crippen molar-refractivity contribution in [1.82, 2.24) is 20.1 Å². The van der Waals surface area contributed by atoms with Crippen LogP contribution >= 0.6 is 11.3 Å². The fourth-order valence-corrected chi connectivity index (χ4v) is 6.25. The molecule has 5 rings (SSSR count). The van der Waals surface area contributed by atoms with Crippen LogP contribution in [0.1, 0.15) is 53.9 Å². The highest BCUT2D eigenvalue weighted by Crippen LogP contribution is 2.31. The summed E-state index contributed by atoms with van der Waals surface area (Å²) in [6.45, 7) is 9.04. The van der Waals surface area contributed by atoms with Crippen molar-refractivity contribution < 1.29 is 14.4 Å². The molecule has 3 amide bonds. The molecular formula is C30H32N4O3S. The molecule has 1 saturated heterocycles. The van der Waals surface area contributed by atoms with E-state index in [-0.39, 0.29) is 23.6 Å². The molecule has 7 nitrogen and oxygen atoms in total. The van der Waals surface area contributed by atoms with Gasteiger partial charge in [-0.1, -0.05) is 62.9 Å². The molecule has 3 aromatic rings. The zero-order valence-electron chi connectivity index (χ0n) is 21.7. The Morgan fingerprint density at radius 3 is 2.66 bits per heavy atom. The fourth-order valence-electron chi connectivity index (χ4n) is 5.45. The topological polar surface area (TPSA) is 82.6 Å². The predicted molar refractivity (Wildman–Crippen MR) is 149 cm³/mol. The molecule has 0 aliphatic carbocycles. The van der Waals surface area contributed by atoms with Gasteiger partial charge in [0.05, 0.1) is 16.1 Å². The molecular weight excluding hydrogens is 496 g/mol. The van der Waals surface area contributed by atoms with Crippen molar-refractivity contribution in [3.05, 3.63) is 83.0 Å². The second kappa shape index (κ2) is 10.9. The van der Waals surface area contributed by atoms with E-state index in [1.807, 2.05) is 62.4 Å². The third-order valence-electron chi connectivity index (χ3n) is 7.38. The van der Waals surface area contributed by atoms with Gasteiger partial charge in [0, 0.05) is 25.2 Å². The number of rotatable bonds is 8. The number of carbonyl (C=O) groups excluding carboxylic acids is 3. The van der Waals surface area contributed by atoms with Crippen LogP contribution < -0.4 is 5.32 Å². The van der Waals surface area contributed by atoms with Gasteiger partial charge in [-0.25, -0.2) is 4.98 Å². The summed E-state index contributed by atoms with van der Waals surface area (Å²) in [5.41, 5.74) is 6.29. The van der Waals surface area contributed by atoms with Gasteiger partial charge in [-0.3, -0.25) is 14.4 Å². The number of amides is 3. The molecule has 1 aromatic heterocycles.